The first-order valence-corrected chi connectivity index (χ1v) is 11.4. The highest BCUT2D eigenvalue weighted by Gasteiger charge is 2.49. The zero-order valence-corrected chi connectivity index (χ0v) is 20.8. The van der Waals surface area contributed by atoms with Gasteiger partial charge in [0.15, 0.2) is 0 Å². The van der Waals surface area contributed by atoms with E-state index in [4.69, 9.17) is 16.3 Å². The lowest BCUT2D eigenvalue weighted by Gasteiger charge is -2.22. The summed E-state index contributed by atoms with van der Waals surface area (Å²) < 4.78 is 5.24. The average molecular weight is 433 g/mol. The molecule has 2 saturated carbocycles. The van der Waals surface area contributed by atoms with Gasteiger partial charge in [0.2, 0.25) is 5.88 Å². The summed E-state index contributed by atoms with van der Waals surface area (Å²) in [5.41, 5.74) is 5.01. The normalized spacial score (nSPS) is 17.3. The number of nitrogens with zero attached hydrogens (tertiary/aromatic N) is 4. The van der Waals surface area contributed by atoms with E-state index in [1.807, 2.05) is 34.6 Å². The Morgan fingerprint density at radius 3 is 1.97 bits per heavy atom. The fourth-order valence-electron chi connectivity index (χ4n) is 4.23. The average Bonchev–Trinajstić information content (AvgIpc) is 3.61. The third kappa shape index (κ3) is 4.93. The van der Waals surface area contributed by atoms with Crippen LogP contribution in [0.5, 0.6) is 5.88 Å². The topological polar surface area (TPSA) is 60.8 Å². The molecule has 166 valence electrons. The molecule has 0 bridgehead atoms. The molecule has 2 fully saturated rings. The predicted molar refractivity (Wildman–Crippen MR) is 124 cm³/mol. The third-order valence-corrected chi connectivity index (χ3v) is 6.62. The number of hydrogen-bond donors (Lipinski definition) is 0. The number of halogens is 1. The Morgan fingerprint density at radius 2 is 1.53 bits per heavy atom. The van der Waals surface area contributed by atoms with Crippen molar-refractivity contribution in [3.8, 4) is 5.88 Å². The first-order valence-electron chi connectivity index (χ1n) is 11.0. The van der Waals surface area contributed by atoms with E-state index >= 15 is 0 Å². The van der Waals surface area contributed by atoms with Gasteiger partial charge >= 0.3 is 0 Å². The van der Waals surface area contributed by atoms with Crippen LogP contribution in [0.25, 0.3) is 0 Å². The second-order valence-electron chi connectivity index (χ2n) is 8.74. The van der Waals surface area contributed by atoms with Crippen molar-refractivity contribution in [2.45, 2.75) is 91.9 Å². The monoisotopic (exact) mass is 432 g/mol. The number of rotatable bonds is 4. The summed E-state index contributed by atoms with van der Waals surface area (Å²) >= 11 is 6.25. The van der Waals surface area contributed by atoms with Crippen LogP contribution in [0.3, 0.4) is 0 Å². The van der Waals surface area contributed by atoms with Gasteiger partial charge in [-0.15, -0.1) is 0 Å². The maximum absolute atomic E-state index is 6.25. The molecular formula is C24H37ClN4O. The summed E-state index contributed by atoms with van der Waals surface area (Å²) in [4.78, 5) is 17.0. The fourth-order valence-corrected chi connectivity index (χ4v) is 4.67. The molecule has 0 saturated heterocycles. The molecular weight excluding hydrogens is 396 g/mol. The standard InChI is InChI=1S/C12H17ClN2.C10H14N2O.C2H6/c1-7(2)12(5-6-12)10-8(3)14-9(4)15-11(10)13;1-7-8(10(2)4-5-10)9(13-3)12-6-11-7;1-2/h7H,5-6H2,1-4H3;6H,4-5H2,1-3H3;1-2H3. The molecule has 4 rings (SSSR count). The van der Waals surface area contributed by atoms with Gasteiger partial charge in [0.1, 0.15) is 17.3 Å². The van der Waals surface area contributed by atoms with Gasteiger partial charge < -0.3 is 4.74 Å². The molecule has 0 aromatic carbocycles. The number of methoxy groups -OCH3 is 1. The van der Waals surface area contributed by atoms with Gasteiger partial charge in [-0.1, -0.05) is 46.2 Å². The van der Waals surface area contributed by atoms with Crippen molar-refractivity contribution in [2.24, 2.45) is 5.92 Å². The summed E-state index contributed by atoms with van der Waals surface area (Å²) in [5.74, 6) is 2.12. The van der Waals surface area contributed by atoms with Crippen LogP contribution in [0.4, 0.5) is 0 Å². The molecule has 6 heteroatoms. The van der Waals surface area contributed by atoms with Crippen molar-refractivity contribution >= 4 is 11.6 Å². The summed E-state index contributed by atoms with van der Waals surface area (Å²) in [5, 5.41) is 0.659. The predicted octanol–water partition coefficient (Wildman–Crippen LogP) is 6.31. The summed E-state index contributed by atoms with van der Waals surface area (Å²) in [6.07, 6.45) is 6.44. The van der Waals surface area contributed by atoms with Crippen LogP contribution in [-0.2, 0) is 10.8 Å². The zero-order valence-electron chi connectivity index (χ0n) is 20.1. The zero-order chi connectivity index (χ0) is 22.7. The molecule has 2 heterocycles. The lowest BCUT2D eigenvalue weighted by Crippen LogP contribution is -2.18. The Kier molecular flexibility index (Phi) is 7.84. The molecule has 2 aliphatic carbocycles. The highest BCUT2D eigenvalue weighted by molar-refractivity contribution is 6.30. The van der Waals surface area contributed by atoms with Crippen LogP contribution in [0.2, 0.25) is 5.15 Å². The minimum atomic E-state index is 0.259. The lowest BCUT2D eigenvalue weighted by atomic mass is 9.85. The van der Waals surface area contributed by atoms with Crippen molar-refractivity contribution in [3.05, 3.63) is 39.8 Å². The van der Waals surface area contributed by atoms with E-state index < -0.39 is 0 Å². The molecule has 0 aliphatic heterocycles. The van der Waals surface area contributed by atoms with Gasteiger partial charge in [-0.3, -0.25) is 0 Å². The van der Waals surface area contributed by atoms with Crippen LogP contribution in [0.15, 0.2) is 6.33 Å². The maximum atomic E-state index is 6.25. The summed E-state index contributed by atoms with van der Waals surface area (Å²) in [7, 11) is 1.66. The molecule has 2 aromatic rings. The molecule has 0 N–H and O–H groups in total. The minimum absolute atomic E-state index is 0.259. The summed E-state index contributed by atoms with van der Waals surface area (Å²) in [6.45, 7) is 16.7. The Labute approximate surface area is 187 Å². The van der Waals surface area contributed by atoms with Gasteiger partial charge in [0.25, 0.3) is 0 Å². The van der Waals surface area contributed by atoms with Crippen molar-refractivity contribution < 1.29 is 4.74 Å². The first kappa shape index (κ1) is 24.5. The molecule has 30 heavy (non-hydrogen) atoms. The molecule has 0 amide bonds. The van der Waals surface area contributed by atoms with E-state index in [-0.39, 0.29) is 10.8 Å². The van der Waals surface area contributed by atoms with Gasteiger partial charge in [0.05, 0.1) is 7.11 Å². The smallest absolute Gasteiger partial charge is 0.220 e. The Bertz CT molecular complexity index is 850. The molecule has 0 radical (unpaired) electrons. The highest BCUT2D eigenvalue weighted by atomic mass is 35.5. The van der Waals surface area contributed by atoms with Crippen LogP contribution >= 0.6 is 11.6 Å². The first-order chi connectivity index (χ1) is 14.1. The van der Waals surface area contributed by atoms with E-state index in [9.17, 15) is 0 Å². The van der Waals surface area contributed by atoms with Gasteiger partial charge in [-0.25, -0.2) is 19.9 Å². The van der Waals surface area contributed by atoms with Crippen LogP contribution in [0.1, 0.15) is 88.6 Å². The van der Waals surface area contributed by atoms with Crippen molar-refractivity contribution in [3.63, 3.8) is 0 Å². The Hall–Kier alpha value is -1.75. The SMILES string of the molecule is CC.COc1ncnc(C)c1C1(C)CC1.Cc1nc(C)c(C2(C(C)C)CC2)c(Cl)n1. The molecule has 0 atom stereocenters. The number of aromatic nitrogens is 4. The second-order valence-corrected chi connectivity index (χ2v) is 9.09. The van der Waals surface area contributed by atoms with Crippen molar-refractivity contribution in [1.82, 2.24) is 19.9 Å². The van der Waals surface area contributed by atoms with E-state index in [0.717, 1.165) is 23.1 Å². The fraction of sp³-hybridized carbons (Fsp3) is 0.667. The quantitative estimate of drug-likeness (QED) is 0.530. The second kappa shape index (κ2) is 9.59. The van der Waals surface area contributed by atoms with Gasteiger partial charge in [0, 0.05) is 27.9 Å². The number of aryl methyl sites for hydroxylation is 3. The van der Waals surface area contributed by atoms with Crippen LogP contribution in [-0.4, -0.2) is 27.0 Å². The molecule has 0 unspecified atom stereocenters. The summed E-state index contributed by atoms with van der Waals surface area (Å²) in [6, 6.07) is 0. The molecule has 5 nitrogen and oxygen atoms in total. The highest BCUT2D eigenvalue weighted by Crippen LogP contribution is 2.56. The van der Waals surface area contributed by atoms with Crippen LogP contribution in [0, 0.1) is 26.7 Å². The van der Waals surface area contributed by atoms with Gasteiger partial charge in [-0.05, 0) is 57.8 Å². The van der Waals surface area contributed by atoms with E-state index in [1.165, 1.54) is 36.8 Å². The number of hydrogen-bond acceptors (Lipinski definition) is 5. The van der Waals surface area contributed by atoms with Crippen molar-refractivity contribution in [2.75, 3.05) is 7.11 Å². The molecule has 2 aliphatic rings. The third-order valence-electron chi connectivity index (χ3n) is 6.35. The van der Waals surface area contributed by atoms with E-state index in [2.05, 4.69) is 40.7 Å². The van der Waals surface area contributed by atoms with Crippen molar-refractivity contribution in [1.29, 1.82) is 0 Å². The van der Waals surface area contributed by atoms with Gasteiger partial charge in [-0.2, -0.15) is 0 Å². The Balaban J connectivity index is 0.000000199. The lowest BCUT2D eigenvalue weighted by molar-refractivity contribution is 0.386. The largest absolute Gasteiger partial charge is 0.481 e. The van der Waals surface area contributed by atoms with E-state index in [1.54, 1.807) is 13.4 Å². The maximum Gasteiger partial charge on any atom is 0.220 e. The van der Waals surface area contributed by atoms with Crippen LogP contribution < -0.4 is 4.74 Å². The molecule has 0 spiro atoms. The number of ether oxygens (including phenoxy) is 1. The molecule has 2 aromatic heterocycles. The Morgan fingerprint density at radius 1 is 0.933 bits per heavy atom. The minimum Gasteiger partial charge on any atom is -0.481 e. The van der Waals surface area contributed by atoms with E-state index in [0.29, 0.717) is 11.1 Å².